The third-order valence-electron chi connectivity index (χ3n) is 2.60. The lowest BCUT2D eigenvalue weighted by Gasteiger charge is -2.23. The highest BCUT2D eigenvalue weighted by Gasteiger charge is 2.24. The first kappa shape index (κ1) is 15.5. The molecule has 0 fully saturated rings. The van der Waals surface area contributed by atoms with Gasteiger partial charge in [0.15, 0.2) is 5.82 Å². The number of hydrogen-bond donors (Lipinski definition) is 0. The lowest BCUT2D eigenvalue weighted by atomic mass is 10.3. The SMILES string of the molecule is CCC(I)n1cnc2c1C(SC)=NCN2C.I. The molecule has 0 spiro atoms. The molecule has 2 rings (SSSR count). The smallest absolute Gasteiger partial charge is 0.158 e. The van der Waals surface area contributed by atoms with Gasteiger partial charge in [0.25, 0.3) is 0 Å². The number of hydrogen-bond acceptors (Lipinski definition) is 4. The molecule has 0 aliphatic carbocycles. The second-order valence-electron chi connectivity index (χ2n) is 3.67. The summed E-state index contributed by atoms with van der Waals surface area (Å²) in [6.07, 6.45) is 5.09. The summed E-state index contributed by atoms with van der Waals surface area (Å²) in [5.41, 5.74) is 1.17. The van der Waals surface area contributed by atoms with Crippen LogP contribution < -0.4 is 4.90 Å². The molecule has 4 nitrogen and oxygen atoms in total. The minimum absolute atomic E-state index is 0. The fourth-order valence-corrected chi connectivity index (χ4v) is 2.72. The summed E-state index contributed by atoms with van der Waals surface area (Å²) in [6, 6.07) is 0. The van der Waals surface area contributed by atoms with Crippen LogP contribution in [0.4, 0.5) is 5.82 Å². The summed E-state index contributed by atoms with van der Waals surface area (Å²) in [5, 5.41) is 1.10. The molecule has 1 aromatic rings. The van der Waals surface area contributed by atoms with E-state index in [2.05, 4.69) is 55.2 Å². The molecule has 2 heterocycles. The zero-order valence-corrected chi connectivity index (χ0v) is 15.4. The van der Waals surface area contributed by atoms with Crippen LogP contribution in [0, 0.1) is 0 Å². The van der Waals surface area contributed by atoms with Gasteiger partial charge in [-0.15, -0.1) is 35.7 Å². The lowest BCUT2D eigenvalue weighted by Crippen LogP contribution is -2.26. The van der Waals surface area contributed by atoms with Gasteiger partial charge in [-0.1, -0.05) is 29.5 Å². The maximum atomic E-state index is 4.56. The van der Waals surface area contributed by atoms with Crippen molar-refractivity contribution in [3.63, 3.8) is 0 Å². The number of imidazole rings is 1. The molecule has 0 N–H and O–H groups in total. The van der Waals surface area contributed by atoms with E-state index in [-0.39, 0.29) is 24.0 Å². The molecule has 0 bridgehead atoms. The predicted molar refractivity (Wildman–Crippen MR) is 94.3 cm³/mol. The van der Waals surface area contributed by atoms with E-state index in [4.69, 9.17) is 0 Å². The number of alkyl halides is 1. The molecule has 1 aromatic heterocycles. The average Bonchev–Trinajstić information content (AvgIpc) is 2.74. The maximum Gasteiger partial charge on any atom is 0.158 e. The van der Waals surface area contributed by atoms with Crippen LogP contribution >= 0.6 is 58.3 Å². The normalized spacial score (nSPS) is 16.0. The lowest BCUT2D eigenvalue weighted by molar-refractivity contribution is 0.679. The first-order valence-electron chi connectivity index (χ1n) is 5.19. The number of nitrogens with zero attached hydrogens (tertiary/aromatic N) is 4. The molecule has 0 aromatic carbocycles. The Morgan fingerprint density at radius 3 is 2.88 bits per heavy atom. The van der Waals surface area contributed by atoms with Gasteiger partial charge in [0.2, 0.25) is 0 Å². The summed E-state index contributed by atoms with van der Waals surface area (Å²) in [4.78, 5) is 11.1. The Morgan fingerprint density at radius 1 is 1.59 bits per heavy atom. The van der Waals surface area contributed by atoms with E-state index in [9.17, 15) is 0 Å². The van der Waals surface area contributed by atoms with E-state index in [1.54, 1.807) is 11.8 Å². The van der Waals surface area contributed by atoms with Crippen molar-refractivity contribution in [1.29, 1.82) is 0 Å². The van der Waals surface area contributed by atoms with Crippen LogP contribution in [-0.4, -0.2) is 34.6 Å². The maximum absolute atomic E-state index is 4.56. The molecule has 0 radical (unpaired) electrons. The fraction of sp³-hybridized carbons (Fsp3) is 0.600. The Kier molecular flexibility index (Phi) is 6.03. The molecule has 17 heavy (non-hydrogen) atoms. The Balaban J connectivity index is 0.00000144. The number of thioether (sulfide) groups is 1. The molecule has 0 saturated heterocycles. The Hall–Kier alpha value is 0.490. The molecule has 0 saturated carbocycles. The number of fused-ring (bicyclic) bond motifs is 1. The van der Waals surface area contributed by atoms with E-state index >= 15 is 0 Å². The van der Waals surface area contributed by atoms with Gasteiger partial charge in [-0.25, -0.2) is 4.98 Å². The molecule has 1 unspecified atom stereocenters. The average molecular weight is 478 g/mol. The third-order valence-corrected chi connectivity index (χ3v) is 4.79. The molecular formula is C10H16I2N4S. The number of anilines is 1. The molecule has 1 aliphatic heterocycles. The fourth-order valence-electron chi connectivity index (χ4n) is 1.72. The van der Waals surface area contributed by atoms with Gasteiger partial charge in [-0.05, 0) is 12.7 Å². The number of aromatic nitrogens is 2. The van der Waals surface area contributed by atoms with Crippen LogP contribution in [0.25, 0.3) is 0 Å². The van der Waals surface area contributed by atoms with Crippen molar-refractivity contribution in [1.82, 2.24) is 9.55 Å². The first-order valence-corrected chi connectivity index (χ1v) is 7.67. The van der Waals surface area contributed by atoms with Crippen molar-refractivity contribution < 1.29 is 0 Å². The number of rotatable bonds is 2. The zero-order valence-electron chi connectivity index (χ0n) is 10.1. The van der Waals surface area contributed by atoms with Gasteiger partial charge < -0.3 is 9.47 Å². The topological polar surface area (TPSA) is 33.4 Å². The summed E-state index contributed by atoms with van der Waals surface area (Å²) in [5.74, 6) is 1.05. The highest BCUT2D eigenvalue weighted by molar-refractivity contribution is 14.1. The van der Waals surface area contributed by atoms with E-state index < -0.39 is 0 Å². The second kappa shape index (κ2) is 6.60. The monoisotopic (exact) mass is 478 g/mol. The largest absolute Gasteiger partial charge is 0.338 e. The Morgan fingerprint density at radius 2 is 2.29 bits per heavy atom. The van der Waals surface area contributed by atoms with Gasteiger partial charge in [-0.3, -0.25) is 4.99 Å². The molecule has 0 amide bonds. The standard InChI is InChI=1S/C10H15IN4S.HI/c1-4-7(11)15-6-12-9-8(15)10(16-3)13-5-14(9)2;/h6-7H,4-5H2,1-3H3;1H. The van der Waals surface area contributed by atoms with Gasteiger partial charge in [0.1, 0.15) is 17.4 Å². The summed E-state index contributed by atoms with van der Waals surface area (Å²) in [7, 11) is 2.03. The minimum Gasteiger partial charge on any atom is -0.338 e. The Bertz CT molecular complexity index is 418. The van der Waals surface area contributed by atoms with E-state index in [1.165, 1.54) is 5.69 Å². The van der Waals surface area contributed by atoms with Crippen molar-refractivity contribution in [3.05, 3.63) is 12.0 Å². The minimum atomic E-state index is 0. The molecule has 1 aliphatic rings. The van der Waals surface area contributed by atoms with Crippen LogP contribution in [0.15, 0.2) is 11.3 Å². The van der Waals surface area contributed by atoms with Crippen molar-refractivity contribution in [2.45, 2.75) is 17.4 Å². The zero-order chi connectivity index (χ0) is 11.7. The molecule has 96 valence electrons. The molecule has 7 heteroatoms. The molecule has 1 atom stereocenters. The third kappa shape index (κ3) is 2.91. The molecular weight excluding hydrogens is 462 g/mol. The van der Waals surface area contributed by atoms with Crippen molar-refractivity contribution >= 4 is 69.2 Å². The number of aliphatic imine (C=N–C) groups is 1. The van der Waals surface area contributed by atoms with Crippen LogP contribution in [0.5, 0.6) is 0 Å². The van der Waals surface area contributed by atoms with Gasteiger partial charge >= 0.3 is 0 Å². The van der Waals surface area contributed by atoms with Crippen LogP contribution in [0.2, 0.25) is 0 Å². The van der Waals surface area contributed by atoms with E-state index in [0.29, 0.717) is 10.7 Å². The summed E-state index contributed by atoms with van der Waals surface area (Å²) >= 11 is 4.14. The van der Waals surface area contributed by atoms with Crippen LogP contribution in [0.1, 0.15) is 23.1 Å². The number of halogens is 2. The highest BCUT2D eigenvalue weighted by atomic mass is 127. The second-order valence-corrected chi connectivity index (χ2v) is 5.91. The van der Waals surface area contributed by atoms with Crippen molar-refractivity contribution in [2.75, 3.05) is 24.9 Å². The van der Waals surface area contributed by atoms with Gasteiger partial charge in [0, 0.05) is 7.05 Å². The summed E-state index contributed by atoms with van der Waals surface area (Å²) in [6.45, 7) is 2.89. The van der Waals surface area contributed by atoms with Crippen molar-refractivity contribution in [2.24, 2.45) is 4.99 Å². The van der Waals surface area contributed by atoms with Crippen LogP contribution in [-0.2, 0) is 0 Å². The quantitative estimate of drug-likeness (QED) is 0.483. The van der Waals surface area contributed by atoms with Gasteiger partial charge in [-0.2, -0.15) is 0 Å². The van der Waals surface area contributed by atoms with E-state index in [0.717, 1.165) is 17.3 Å². The van der Waals surface area contributed by atoms with Gasteiger partial charge in [0.05, 0.1) is 10.4 Å². The van der Waals surface area contributed by atoms with E-state index in [1.807, 2.05) is 13.4 Å². The summed E-state index contributed by atoms with van der Waals surface area (Å²) < 4.78 is 2.67. The Labute approximate surface area is 137 Å². The van der Waals surface area contributed by atoms with Crippen molar-refractivity contribution in [3.8, 4) is 0 Å². The first-order chi connectivity index (χ1) is 7.69. The highest BCUT2D eigenvalue weighted by Crippen LogP contribution is 2.31. The predicted octanol–water partition coefficient (Wildman–Crippen LogP) is 3.36. The van der Waals surface area contributed by atoms with Crippen LogP contribution in [0.3, 0.4) is 0 Å².